The van der Waals surface area contributed by atoms with Gasteiger partial charge in [0, 0.05) is 5.92 Å². The number of primary amides is 1. The van der Waals surface area contributed by atoms with Gasteiger partial charge in [-0.15, -0.1) is 0 Å². The number of carbonyl (C=O) groups is 1. The number of nitrogens with two attached hydrogens (primary N) is 1. The van der Waals surface area contributed by atoms with Crippen molar-refractivity contribution in [2.24, 2.45) is 29.4 Å². The summed E-state index contributed by atoms with van der Waals surface area (Å²) in [5.41, 5.74) is 5.30. The molecule has 74 valence electrons. The lowest BCUT2D eigenvalue weighted by atomic mass is 9.84. The van der Waals surface area contributed by atoms with E-state index in [1.165, 1.54) is 0 Å². The van der Waals surface area contributed by atoms with Crippen molar-refractivity contribution >= 4 is 5.91 Å². The number of carbonyl (C=O) groups excluding carboxylic acids is 1. The SMILES string of the molecule is CC.CC1C2C=CC(C2)C1C(N)=O. The number of fused-ring (bicyclic) bond motifs is 2. The van der Waals surface area contributed by atoms with Gasteiger partial charge in [0.15, 0.2) is 0 Å². The first kappa shape index (κ1) is 10.3. The highest BCUT2D eigenvalue weighted by molar-refractivity contribution is 5.78. The maximum Gasteiger partial charge on any atom is 0.221 e. The first-order valence-electron chi connectivity index (χ1n) is 5.18. The van der Waals surface area contributed by atoms with Gasteiger partial charge in [0.25, 0.3) is 0 Å². The molecule has 2 aliphatic rings. The lowest BCUT2D eigenvalue weighted by molar-refractivity contribution is -0.123. The van der Waals surface area contributed by atoms with E-state index in [9.17, 15) is 4.79 Å². The van der Waals surface area contributed by atoms with Gasteiger partial charge < -0.3 is 5.73 Å². The summed E-state index contributed by atoms with van der Waals surface area (Å²) in [5.74, 6) is 1.55. The second-order valence-electron chi connectivity index (χ2n) is 3.74. The average Bonchev–Trinajstić information content (AvgIpc) is 2.66. The van der Waals surface area contributed by atoms with Crippen LogP contribution in [0.5, 0.6) is 0 Å². The smallest absolute Gasteiger partial charge is 0.221 e. The van der Waals surface area contributed by atoms with Crippen molar-refractivity contribution in [3.8, 4) is 0 Å². The molecule has 0 radical (unpaired) electrons. The van der Waals surface area contributed by atoms with E-state index in [4.69, 9.17) is 5.73 Å². The minimum Gasteiger partial charge on any atom is -0.369 e. The van der Waals surface area contributed by atoms with Crippen LogP contribution in [0.2, 0.25) is 0 Å². The van der Waals surface area contributed by atoms with Crippen LogP contribution in [0.1, 0.15) is 27.2 Å². The fourth-order valence-electron chi connectivity index (χ4n) is 2.54. The molecule has 2 N–H and O–H groups in total. The zero-order valence-corrected chi connectivity index (χ0v) is 8.66. The highest BCUT2D eigenvalue weighted by Gasteiger charge is 2.44. The molecule has 1 amide bonds. The quantitative estimate of drug-likeness (QED) is 0.617. The van der Waals surface area contributed by atoms with Gasteiger partial charge in [-0.2, -0.15) is 0 Å². The summed E-state index contributed by atoms with van der Waals surface area (Å²) in [6.07, 6.45) is 5.53. The van der Waals surface area contributed by atoms with Crippen molar-refractivity contribution < 1.29 is 4.79 Å². The summed E-state index contributed by atoms with van der Waals surface area (Å²) in [6.45, 7) is 6.13. The van der Waals surface area contributed by atoms with Crippen LogP contribution in [0.15, 0.2) is 12.2 Å². The van der Waals surface area contributed by atoms with E-state index in [0.717, 1.165) is 6.42 Å². The lowest BCUT2D eigenvalue weighted by Gasteiger charge is -2.20. The van der Waals surface area contributed by atoms with E-state index in [2.05, 4.69) is 19.1 Å². The van der Waals surface area contributed by atoms with Gasteiger partial charge in [-0.25, -0.2) is 0 Å². The van der Waals surface area contributed by atoms with Crippen molar-refractivity contribution in [2.45, 2.75) is 27.2 Å². The Morgan fingerprint density at radius 2 is 1.85 bits per heavy atom. The van der Waals surface area contributed by atoms with Crippen molar-refractivity contribution in [1.82, 2.24) is 0 Å². The maximum atomic E-state index is 11.0. The molecular weight excluding hydrogens is 162 g/mol. The molecule has 0 aromatic heterocycles. The van der Waals surface area contributed by atoms with Crippen molar-refractivity contribution in [3.63, 3.8) is 0 Å². The van der Waals surface area contributed by atoms with Crippen molar-refractivity contribution in [2.75, 3.05) is 0 Å². The molecule has 2 aliphatic carbocycles. The summed E-state index contributed by atoms with van der Waals surface area (Å²) < 4.78 is 0. The van der Waals surface area contributed by atoms with Crippen LogP contribution in [0.4, 0.5) is 0 Å². The molecule has 0 aliphatic heterocycles. The van der Waals surface area contributed by atoms with E-state index in [1.807, 2.05) is 13.8 Å². The maximum absolute atomic E-state index is 11.0. The summed E-state index contributed by atoms with van der Waals surface area (Å²) in [5, 5.41) is 0. The first-order chi connectivity index (χ1) is 6.20. The molecule has 0 heterocycles. The average molecular weight is 181 g/mol. The molecule has 13 heavy (non-hydrogen) atoms. The predicted molar refractivity (Wildman–Crippen MR) is 53.9 cm³/mol. The highest BCUT2D eigenvalue weighted by Crippen LogP contribution is 2.47. The Kier molecular flexibility index (Phi) is 3.12. The van der Waals surface area contributed by atoms with Crippen LogP contribution in [-0.2, 0) is 4.79 Å². The molecule has 4 unspecified atom stereocenters. The molecule has 2 bridgehead atoms. The Morgan fingerprint density at radius 3 is 2.15 bits per heavy atom. The highest BCUT2D eigenvalue weighted by atomic mass is 16.1. The van der Waals surface area contributed by atoms with Gasteiger partial charge in [0.1, 0.15) is 0 Å². The van der Waals surface area contributed by atoms with Gasteiger partial charge in [-0.05, 0) is 24.2 Å². The zero-order chi connectivity index (χ0) is 10.0. The van der Waals surface area contributed by atoms with Crippen LogP contribution in [0.3, 0.4) is 0 Å². The lowest BCUT2D eigenvalue weighted by Crippen LogP contribution is -2.31. The zero-order valence-electron chi connectivity index (χ0n) is 8.66. The van der Waals surface area contributed by atoms with Crippen LogP contribution < -0.4 is 5.73 Å². The molecule has 0 saturated heterocycles. The first-order valence-corrected chi connectivity index (χ1v) is 5.18. The van der Waals surface area contributed by atoms with E-state index in [1.54, 1.807) is 0 Å². The van der Waals surface area contributed by atoms with E-state index >= 15 is 0 Å². The normalized spacial score (nSPS) is 39.9. The molecule has 2 heteroatoms. The van der Waals surface area contributed by atoms with Gasteiger partial charge in [0.05, 0.1) is 0 Å². The van der Waals surface area contributed by atoms with Crippen molar-refractivity contribution in [3.05, 3.63) is 12.2 Å². The third-order valence-corrected chi connectivity index (χ3v) is 3.18. The monoisotopic (exact) mass is 181 g/mol. The fourth-order valence-corrected chi connectivity index (χ4v) is 2.54. The summed E-state index contributed by atoms with van der Waals surface area (Å²) in [7, 11) is 0. The molecule has 1 saturated carbocycles. The molecule has 0 aromatic carbocycles. The number of hydrogen-bond donors (Lipinski definition) is 1. The Balaban J connectivity index is 0.000000396. The number of hydrogen-bond acceptors (Lipinski definition) is 1. The minimum absolute atomic E-state index is 0.116. The molecule has 0 aromatic rings. The summed E-state index contributed by atoms with van der Waals surface area (Å²) in [4.78, 5) is 11.0. The van der Waals surface area contributed by atoms with Gasteiger partial charge in [-0.1, -0.05) is 32.9 Å². The standard InChI is InChI=1S/C9H13NO.C2H6/c1-5-6-2-3-7(4-6)8(5)9(10)11;1-2/h2-3,5-8H,4H2,1H3,(H2,10,11);1-2H3. The summed E-state index contributed by atoms with van der Waals surface area (Å²) in [6, 6.07) is 0. The van der Waals surface area contributed by atoms with E-state index < -0.39 is 0 Å². The van der Waals surface area contributed by atoms with Crippen LogP contribution in [0, 0.1) is 23.7 Å². The topological polar surface area (TPSA) is 43.1 Å². The molecule has 2 nitrogen and oxygen atoms in total. The predicted octanol–water partition coefficient (Wildman–Crippen LogP) is 1.96. The second kappa shape index (κ2) is 3.95. The fraction of sp³-hybridized carbons (Fsp3) is 0.727. The van der Waals surface area contributed by atoms with E-state index in [0.29, 0.717) is 17.8 Å². The Morgan fingerprint density at radius 1 is 1.31 bits per heavy atom. The number of amides is 1. The van der Waals surface area contributed by atoms with Gasteiger partial charge >= 0.3 is 0 Å². The Hall–Kier alpha value is -0.790. The van der Waals surface area contributed by atoms with Crippen LogP contribution in [-0.4, -0.2) is 5.91 Å². The van der Waals surface area contributed by atoms with Gasteiger partial charge in [0.2, 0.25) is 5.91 Å². The Labute approximate surface area is 80.2 Å². The molecule has 2 rings (SSSR count). The third kappa shape index (κ3) is 1.62. The van der Waals surface area contributed by atoms with E-state index in [-0.39, 0.29) is 11.8 Å². The molecule has 1 fully saturated rings. The van der Waals surface area contributed by atoms with Crippen LogP contribution in [0.25, 0.3) is 0 Å². The second-order valence-corrected chi connectivity index (χ2v) is 3.74. The minimum atomic E-state index is -0.116. The molecule has 4 atom stereocenters. The number of allylic oxidation sites excluding steroid dienone is 2. The third-order valence-electron chi connectivity index (χ3n) is 3.18. The van der Waals surface area contributed by atoms with Gasteiger partial charge in [-0.3, -0.25) is 4.79 Å². The number of rotatable bonds is 1. The summed E-state index contributed by atoms with van der Waals surface area (Å²) >= 11 is 0. The van der Waals surface area contributed by atoms with Crippen LogP contribution >= 0.6 is 0 Å². The van der Waals surface area contributed by atoms with Crippen molar-refractivity contribution in [1.29, 1.82) is 0 Å². The Bertz CT molecular complexity index is 222. The molecular formula is C11H19NO. The largest absolute Gasteiger partial charge is 0.369 e. The molecule has 0 spiro atoms.